The number of nitrogens with one attached hydrogen (secondary N) is 2. The molecule has 0 saturated heterocycles. The number of rotatable bonds is 8. The van der Waals surface area contributed by atoms with Crippen molar-refractivity contribution >= 4 is 34.1 Å². The van der Waals surface area contributed by atoms with E-state index in [9.17, 15) is 14.7 Å². The van der Waals surface area contributed by atoms with Gasteiger partial charge in [-0.3, -0.25) is 0 Å². The lowest BCUT2D eigenvalue weighted by Gasteiger charge is -2.31. The van der Waals surface area contributed by atoms with Gasteiger partial charge in [-0.15, -0.1) is 11.3 Å². The summed E-state index contributed by atoms with van der Waals surface area (Å²) in [5.74, 6) is -1.51. The molecular weight excluding hydrogens is 490 g/mol. The number of ether oxygens (including phenoxy) is 2. The highest BCUT2D eigenvalue weighted by Gasteiger charge is 2.39. The fraction of sp³-hybridized carbons (Fsp3) is 0.250. The van der Waals surface area contributed by atoms with Crippen LogP contribution in [0.5, 0.6) is 5.75 Å². The highest BCUT2D eigenvalue weighted by atomic mass is 32.1. The third-order valence-corrected chi connectivity index (χ3v) is 6.69. The van der Waals surface area contributed by atoms with E-state index in [4.69, 9.17) is 14.5 Å². The quantitative estimate of drug-likeness (QED) is 0.329. The summed E-state index contributed by atoms with van der Waals surface area (Å²) >= 11 is 1.43. The minimum atomic E-state index is -0.709. The first kappa shape index (κ1) is 26.0. The smallest absolute Gasteiger partial charge is 0.336 e. The Labute approximate surface area is 219 Å². The fourth-order valence-corrected chi connectivity index (χ4v) is 5.07. The molecule has 0 atom stereocenters. The third kappa shape index (κ3) is 5.51. The van der Waals surface area contributed by atoms with Crippen LogP contribution in [0.3, 0.4) is 0 Å². The maximum Gasteiger partial charge on any atom is 0.336 e. The third-order valence-electron chi connectivity index (χ3n) is 5.93. The summed E-state index contributed by atoms with van der Waals surface area (Å²) in [5, 5.41) is 18.7. The summed E-state index contributed by atoms with van der Waals surface area (Å²) < 4.78 is 10.8. The molecule has 1 aromatic heterocycles. The number of dihydropyridines is 1. The van der Waals surface area contributed by atoms with Crippen molar-refractivity contribution in [2.75, 3.05) is 18.5 Å². The molecule has 0 amide bonds. The van der Waals surface area contributed by atoms with Crippen molar-refractivity contribution in [3.05, 3.63) is 82.0 Å². The minimum Gasteiger partial charge on any atom is -0.508 e. The van der Waals surface area contributed by atoms with E-state index in [0.29, 0.717) is 33.4 Å². The zero-order chi connectivity index (χ0) is 26.5. The second-order valence-electron chi connectivity index (χ2n) is 8.37. The van der Waals surface area contributed by atoms with E-state index in [2.05, 4.69) is 10.6 Å². The zero-order valence-corrected chi connectivity index (χ0v) is 21.9. The molecule has 3 aromatic rings. The van der Waals surface area contributed by atoms with E-state index in [1.54, 1.807) is 52.0 Å². The number of carbonyl (C=O) groups is 2. The van der Waals surface area contributed by atoms with Crippen LogP contribution >= 0.6 is 11.3 Å². The monoisotopic (exact) mass is 519 g/mol. The summed E-state index contributed by atoms with van der Waals surface area (Å²) in [5.41, 5.74) is 5.00. The van der Waals surface area contributed by atoms with Gasteiger partial charge in [0, 0.05) is 28.0 Å². The van der Waals surface area contributed by atoms with Gasteiger partial charge in [-0.1, -0.05) is 18.2 Å². The lowest BCUT2D eigenvalue weighted by Crippen LogP contribution is -2.32. The van der Waals surface area contributed by atoms with Crippen molar-refractivity contribution in [1.29, 1.82) is 0 Å². The molecule has 4 rings (SSSR count). The fourth-order valence-electron chi connectivity index (χ4n) is 4.34. The van der Waals surface area contributed by atoms with E-state index >= 15 is 0 Å². The number of para-hydroxylation sites is 1. The normalized spacial score (nSPS) is 13.8. The highest BCUT2D eigenvalue weighted by Crippen LogP contribution is 2.43. The number of hydrogen-bond donors (Lipinski definition) is 3. The minimum absolute atomic E-state index is 0.190. The van der Waals surface area contributed by atoms with Gasteiger partial charge < -0.3 is 25.2 Å². The van der Waals surface area contributed by atoms with Crippen LogP contribution in [0.2, 0.25) is 0 Å². The average Bonchev–Trinajstić information content (AvgIpc) is 3.33. The Morgan fingerprint density at radius 3 is 2.16 bits per heavy atom. The molecule has 0 bridgehead atoms. The zero-order valence-electron chi connectivity index (χ0n) is 21.1. The molecule has 8 nitrogen and oxygen atoms in total. The van der Waals surface area contributed by atoms with Crippen molar-refractivity contribution < 1.29 is 24.2 Å². The summed E-state index contributed by atoms with van der Waals surface area (Å²) in [6, 6.07) is 14.3. The molecule has 2 aromatic carbocycles. The molecule has 1 aliphatic heterocycles. The standard InChI is InChI=1S/C28H29N3O5S/c1-5-35-26(33)23-16(3)29-17(4)24(27(34)36-6-2)25(23)20-9-7-8-10-21(20)30-28-31-22(15-37-28)18-11-13-19(32)14-12-18/h7-15,25,29,32H,5-6H2,1-4H3,(H,30,31). The van der Waals surface area contributed by atoms with Gasteiger partial charge in [0.1, 0.15) is 5.75 Å². The lowest BCUT2D eigenvalue weighted by molar-refractivity contribution is -0.139. The maximum atomic E-state index is 13.1. The number of carbonyl (C=O) groups excluding carboxylic acids is 2. The van der Waals surface area contributed by atoms with Crippen LogP contribution in [0.1, 0.15) is 39.2 Å². The number of nitrogens with zero attached hydrogens (tertiary/aromatic N) is 1. The Hall–Kier alpha value is -4.11. The summed E-state index contributed by atoms with van der Waals surface area (Å²) in [6.07, 6.45) is 0. The average molecular weight is 520 g/mol. The van der Waals surface area contributed by atoms with Crippen molar-refractivity contribution in [2.24, 2.45) is 0 Å². The Balaban J connectivity index is 1.77. The van der Waals surface area contributed by atoms with Crippen molar-refractivity contribution in [3.63, 3.8) is 0 Å². The first-order valence-corrected chi connectivity index (χ1v) is 12.9. The van der Waals surface area contributed by atoms with Crippen LogP contribution < -0.4 is 10.6 Å². The highest BCUT2D eigenvalue weighted by molar-refractivity contribution is 7.14. The lowest BCUT2D eigenvalue weighted by atomic mass is 9.79. The molecular formula is C28H29N3O5S. The number of allylic oxidation sites excluding steroid dienone is 2. The van der Waals surface area contributed by atoms with Crippen molar-refractivity contribution in [1.82, 2.24) is 10.3 Å². The van der Waals surface area contributed by atoms with E-state index in [1.165, 1.54) is 11.3 Å². The number of thiazole rings is 1. The SMILES string of the molecule is CCOC(=O)C1=C(C)NC(C)=C(C(=O)OCC)C1c1ccccc1Nc1nc(-c2ccc(O)cc2)cs1. The Morgan fingerprint density at radius 2 is 1.57 bits per heavy atom. The van der Waals surface area contributed by atoms with Crippen molar-refractivity contribution in [2.45, 2.75) is 33.6 Å². The van der Waals surface area contributed by atoms with E-state index in [1.807, 2.05) is 29.6 Å². The predicted molar refractivity (Wildman–Crippen MR) is 143 cm³/mol. The molecule has 9 heteroatoms. The largest absolute Gasteiger partial charge is 0.508 e. The Bertz CT molecular complexity index is 1330. The molecule has 0 radical (unpaired) electrons. The molecule has 0 fully saturated rings. The molecule has 192 valence electrons. The number of anilines is 2. The van der Waals surface area contributed by atoms with Gasteiger partial charge in [-0.2, -0.15) is 0 Å². The summed E-state index contributed by atoms with van der Waals surface area (Å²) in [4.78, 5) is 31.0. The second kappa shape index (κ2) is 11.3. The molecule has 37 heavy (non-hydrogen) atoms. The van der Waals surface area contributed by atoms with E-state index < -0.39 is 17.9 Å². The first-order valence-electron chi connectivity index (χ1n) is 12.0. The second-order valence-corrected chi connectivity index (χ2v) is 9.23. The molecule has 0 aliphatic carbocycles. The number of esters is 2. The van der Waals surface area contributed by atoms with E-state index in [-0.39, 0.29) is 19.0 Å². The number of phenols is 1. The first-order chi connectivity index (χ1) is 17.8. The van der Waals surface area contributed by atoms with Gasteiger partial charge in [-0.05, 0) is 63.6 Å². The van der Waals surface area contributed by atoms with Crippen LogP contribution in [-0.2, 0) is 19.1 Å². The van der Waals surface area contributed by atoms with Crippen LogP contribution in [-0.4, -0.2) is 35.2 Å². The van der Waals surface area contributed by atoms with Gasteiger partial charge >= 0.3 is 11.9 Å². The van der Waals surface area contributed by atoms with Gasteiger partial charge in [-0.25, -0.2) is 14.6 Å². The number of benzene rings is 2. The van der Waals surface area contributed by atoms with Crippen LogP contribution in [0, 0.1) is 0 Å². The summed E-state index contributed by atoms with van der Waals surface area (Å²) in [7, 11) is 0. The van der Waals surface area contributed by atoms with Gasteiger partial charge in [0.05, 0.1) is 36.0 Å². The Kier molecular flexibility index (Phi) is 7.93. The van der Waals surface area contributed by atoms with Crippen LogP contribution in [0.4, 0.5) is 10.8 Å². The van der Waals surface area contributed by atoms with E-state index in [0.717, 1.165) is 16.8 Å². The maximum absolute atomic E-state index is 13.1. The molecule has 2 heterocycles. The van der Waals surface area contributed by atoms with Crippen LogP contribution in [0.15, 0.2) is 76.5 Å². The molecule has 0 saturated carbocycles. The number of aromatic hydroxyl groups is 1. The van der Waals surface area contributed by atoms with Gasteiger partial charge in [0.15, 0.2) is 5.13 Å². The number of hydrogen-bond acceptors (Lipinski definition) is 9. The topological polar surface area (TPSA) is 110 Å². The molecule has 0 unspecified atom stereocenters. The Morgan fingerprint density at radius 1 is 0.973 bits per heavy atom. The molecule has 1 aliphatic rings. The predicted octanol–water partition coefficient (Wildman–Crippen LogP) is 5.62. The number of phenolic OH excluding ortho intramolecular Hbond substituents is 1. The van der Waals surface area contributed by atoms with Gasteiger partial charge in [0.25, 0.3) is 0 Å². The number of aromatic nitrogens is 1. The van der Waals surface area contributed by atoms with Gasteiger partial charge in [0.2, 0.25) is 0 Å². The van der Waals surface area contributed by atoms with Crippen LogP contribution in [0.25, 0.3) is 11.3 Å². The molecule has 0 spiro atoms. The summed E-state index contributed by atoms with van der Waals surface area (Å²) in [6.45, 7) is 7.50. The molecule has 3 N–H and O–H groups in total. The van der Waals surface area contributed by atoms with Crippen molar-refractivity contribution in [3.8, 4) is 17.0 Å².